The molecule has 1 N–H and O–H groups in total. The first kappa shape index (κ1) is 20.0. The van der Waals surface area contributed by atoms with Crippen molar-refractivity contribution in [3.63, 3.8) is 0 Å². The maximum absolute atomic E-state index is 13.6. The Morgan fingerprint density at radius 1 is 1.38 bits per heavy atom. The molecule has 144 valence electrons. The number of nitrogens with one attached hydrogen (secondary N) is 1. The number of aryl methyl sites for hydroxylation is 2. The Hall–Kier alpha value is -2.32. The third kappa shape index (κ3) is 4.08. The van der Waals surface area contributed by atoms with Crippen molar-refractivity contribution in [3.8, 4) is 0 Å². The second kappa shape index (κ2) is 7.51. The van der Waals surface area contributed by atoms with Crippen LogP contribution in [0.2, 0.25) is 0 Å². The van der Waals surface area contributed by atoms with E-state index in [1.54, 1.807) is 7.05 Å². The molecule has 2 heterocycles. The van der Waals surface area contributed by atoms with Crippen molar-refractivity contribution in [2.45, 2.75) is 38.9 Å². The van der Waals surface area contributed by atoms with Crippen LogP contribution in [0.1, 0.15) is 35.8 Å². The highest BCUT2D eigenvalue weighted by atomic mass is 19.4. The number of nitrogens with zero attached hydrogens (tertiary/aromatic N) is 3. The van der Waals surface area contributed by atoms with Crippen molar-refractivity contribution < 1.29 is 22.8 Å². The van der Waals surface area contributed by atoms with Crippen molar-refractivity contribution in [1.82, 2.24) is 20.0 Å². The number of hydrogen-bond acceptors (Lipinski definition) is 3. The van der Waals surface area contributed by atoms with E-state index < -0.39 is 24.0 Å². The Bertz CT molecular complexity index is 712. The van der Waals surface area contributed by atoms with E-state index in [9.17, 15) is 22.8 Å². The van der Waals surface area contributed by atoms with E-state index in [0.29, 0.717) is 25.1 Å². The molecule has 0 bridgehead atoms. The lowest BCUT2D eigenvalue weighted by Gasteiger charge is -2.32. The molecule has 26 heavy (non-hydrogen) atoms. The van der Waals surface area contributed by atoms with Gasteiger partial charge in [-0.25, -0.2) is 0 Å². The molecule has 9 heteroatoms. The fourth-order valence-corrected chi connectivity index (χ4v) is 3.31. The van der Waals surface area contributed by atoms with Gasteiger partial charge >= 0.3 is 6.18 Å². The normalized spacial score (nSPS) is 19.2. The monoisotopic (exact) mass is 372 g/mol. The molecule has 1 fully saturated rings. The minimum atomic E-state index is -4.65. The molecule has 0 saturated carbocycles. The summed E-state index contributed by atoms with van der Waals surface area (Å²) in [5.74, 6) is -1.72. The zero-order valence-corrected chi connectivity index (χ0v) is 15.1. The fourth-order valence-electron chi connectivity index (χ4n) is 3.31. The largest absolute Gasteiger partial charge is 0.413 e. The fraction of sp³-hybridized carbons (Fsp3) is 0.588. The number of carbonyl (C=O) groups is 2. The molecule has 1 aliphatic rings. The highest BCUT2D eigenvalue weighted by Gasteiger charge is 2.45. The number of aromatic nitrogens is 2. The summed E-state index contributed by atoms with van der Waals surface area (Å²) in [6.07, 6.45) is -2.53. The number of rotatable bonds is 4. The average Bonchev–Trinajstić information content (AvgIpc) is 2.83. The lowest BCUT2D eigenvalue weighted by Crippen LogP contribution is -2.47. The van der Waals surface area contributed by atoms with Crippen molar-refractivity contribution in [2.75, 3.05) is 13.1 Å². The topological polar surface area (TPSA) is 67.2 Å². The molecule has 0 radical (unpaired) electrons. The summed E-state index contributed by atoms with van der Waals surface area (Å²) in [6.45, 7) is 6.98. The third-order valence-corrected chi connectivity index (χ3v) is 4.75. The van der Waals surface area contributed by atoms with E-state index in [1.807, 2.05) is 0 Å². The minimum Gasteiger partial charge on any atom is -0.340 e. The second-order valence-corrected chi connectivity index (χ2v) is 6.52. The van der Waals surface area contributed by atoms with Crippen LogP contribution in [0.25, 0.3) is 0 Å². The Balaban J connectivity index is 2.22. The number of likely N-dealkylation sites (tertiary alicyclic amines) is 1. The van der Waals surface area contributed by atoms with Crippen molar-refractivity contribution >= 4 is 11.8 Å². The van der Waals surface area contributed by atoms with Crippen LogP contribution in [-0.4, -0.2) is 45.8 Å². The zero-order chi connectivity index (χ0) is 19.6. The number of alkyl halides is 3. The van der Waals surface area contributed by atoms with Crippen LogP contribution in [-0.2, 0) is 16.6 Å². The minimum absolute atomic E-state index is 0.0387. The summed E-state index contributed by atoms with van der Waals surface area (Å²) in [4.78, 5) is 25.7. The number of carbonyl (C=O) groups excluding carboxylic acids is 2. The SMILES string of the molecule is C=CC(=O)N1CCCC(C(=O)NC(c2c(C)nn(C)c2C)C(F)(F)F)C1. The summed E-state index contributed by atoms with van der Waals surface area (Å²) < 4.78 is 42.3. The lowest BCUT2D eigenvalue weighted by molar-refractivity contribution is -0.165. The summed E-state index contributed by atoms with van der Waals surface area (Å²) in [6, 6.07) is -2.13. The first-order valence-electron chi connectivity index (χ1n) is 8.34. The quantitative estimate of drug-likeness (QED) is 0.824. The van der Waals surface area contributed by atoms with Crippen molar-refractivity contribution in [3.05, 3.63) is 29.6 Å². The van der Waals surface area contributed by atoms with Crippen LogP contribution in [0.5, 0.6) is 0 Å². The van der Waals surface area contributed by atoms with Gasteiger partial charge < -0.3 is 10.2 Å². The molecule has 0 aliphatic carbocycles. The van der Waals surface area contributed by atoms with E-state index in [4.69, 9.17) is 0 Å². The van der Waals surface area contributed by atoms with Gasteiger partial charge in [-0.05, 0) is 32.8 Å². The smallest absolute Gasteiger partial charge is 0.340 e. The highest BCUT2D eigenvalue weighted by Crippen LogP contribution is 2.36. The summed E-state index contributed by atoms with van der Waals surface area (Å²) in [5.41, 5.74) is 0.528. The Morgan fingerprint density at radius 3 is 2.54 bits per heavy atom. The van der Waals surface area contributed by atoms with E-state index >= 15 is 0 Å². The molecule has 2 rings (SSSR count). The predicted molar refractivity (Wildman–Crippen MR) is 89.1 cm³/mol. The van der Waals surface area contributed by atoms with Crippen LogP contribution in [0, 0.1) is 19.8 Å². The van der Waals surface area contributed by atoms with Crippen molar-refractivity contribution in [2.24, 2.45) is 13.0 Å². The zero-order valence-electron chi connectivity index (χ0n) is 15.1. The van der Waals surface area contributed by atoms with Gasteiger partial charge in [0.2, 0.25) is 11.8 Å². The van der Waals surface area contributed by atoms with Gasteiger partial charge in [0.15, 0.2) is 6.04 Å². The average molecular weight is 372 g/mol. The molecule has 1 aliphatic heterocycles. The van der Waals surface area contributed by atoms with Gasteiger partial charge in [-0.3, -0.25) is 14.3 Å². The number of piperidine rings is 1. The Morgan fingerprint density at radius 2 is 2.04 bits per heavy atom. The molecule has 1 aromatic rings. The number of amides is 2. The Kier molecular flexibility index (Phi) is 5.77. The molecule has 2 amide bonds. The van der Waals surface area contributed by atoms with Crippen molar-refractivity contribution in [1.29, 1.82) is 0 Å². The first-order valence-corrected chi connectivity index (χ1v) is 8.34. The van der Waals surface area contributed by atoms with Gasteiger partial charge in [-0.15, -0.1) is 0 Å². The molecule has 2 unspecified atom stereocenters. The van der Waals surface area contributed by atoms with E-state index in [2.05, 4.69) is 17.0 Å². The van der Waals surface area contributed by atoms with Gasteiger partial charge in [-0.2, -0.15) is 18.3 Å². The molecule has 0 aromatic carbocycles. The summed E-state index contributed by atoms with van der Waals surface area (Å²) in [5, 5.41) is 6.15. The standard InChI is InChI=1S/C17H23F3N4O2/c1-5-13(25)24-8-6-7-12(9-24)16(26)21-15(17(18,19)20)14-10(2)22-23(4)11(14)3/h5,12,15H,1,6-9H2,2-4H3,(H,21,26). The van der Waals surface area contributed by atoms with E-state index in [0.717, 1.165) is 6.08 Å². The molecular formula is C17H23F3N4O2. The van der Waals surface area contributed by atoms with Gasteiger partial charge in [0.05, 0.1) is 11.6 Å². The molecule has 0 spiro atoms. The highest BCUT2D eigenvalue weighted by molar-refractivity contribution is 5.88. The third-order valence-electron chi connectivity index (χ3n) is 4.75. The van der Waals surface area contributed by atoms with Crippen LogP contribution in [0.4, 0.5) is 13.2 Å². The van der Waals surface area contributed by atoms with Crippen LogP contribution in [0.3, 0.4) is 0 Å². The molecule has 6 nitrogen and oxygen atoms in total. The van der Waals surface area contributed by atoms with E-state index in [-0.39, 0.29) is 23.7 Å². The van der Waals surface area contributed by atoms with E-state index in [1.165, 1.54) is 23.4 Å². The molecule has 1 aromatic heterocycles. The van der Waals surface area contributed by atoms with Crippen LogP contribution in [0.15, 0.2) is 12.7 Å². The maximum atomic E-state index is 13.6. The van der Waals surface area contributed by atoms with Crippen LogP contribution < -0.4 is 5.32 Å². The molecule has 1 saturated heterocycles. The van der Waals surface area contributed by atoms with Gasteiger partial charge in [-0.1, -0.05) is 6.58 Å². The number of halogens is 3. The molecule has 2 atom stereocenters. The number of hydrogen-bond donors (Lipinski definition) is 1. The van der Waals surface area contributed by atoms with Gasteiger partial charge in [0, 0.05) is 31.4 Å². The van der Waals surface area contributed by atoms with Gasteiger partial charge in [0.25, 0.3) is 0 Å². The first-order chi connectivity index (χ1) is 12.1. The Labute approximate surface area is 150 Å². The summed E-state index contributed by atoms with van der Waals surface area (Å²) >= 11 is 0. The molecular weight excluding hydrogens is 349 g/mol. The second-order valence-electron chi connectivity index (χ2n) is 6.52. The lowest BCUT2D eigenvalue weighted by atomic mass is 9.95. The van der Waals surface area contributed by atoms with Crippen LogP contribution >= 0.6 is 0 Å². The maximum Gasteiger partial charge on any atom is 0.413 e. The predicted octanol–water partition coefficient (Wildman–Crippen LogP) is 2.18. The summed E-state index contributed by atoms with van der Waals surface area (Å²) in [7, 11) is 1.56. The van der Waals surface area contributed by atoms with Gasteiger partial charge in [0.1, 0.15) is 0 Å².